The van der Waals surface area contributed by atoms with E-state index >= 15 is 0 Å². The highest BCUT2D eigenvalue weighted by atomic mass is 16.6. The lowest BCUT2D eigenvalue weighted by Gasteiger charge is -2.31. The van der Waals surface area contributed by atoms with Gasteiger partial charge in [0.15, 0.2) is 16.9 Å². The molecule has 3 heterocycles. The Morgan fingerprint density at radius 3 is 2.95 bits per heavy atom. The van der Waals surface area contributed by atoms with Gasteiger partial charge in [-0.1, -0.05) is 0 Å². The summed E-state index contributed by atoms with van der Waals surface area (Å²) in [6.07, 6.45) is -1.37. The number of ether oxygens (including phenoxy) is 1. The van der Waals surface area contributed by atoms with Crippen LogP contribution in [-0.4, -0.2) is 60.3 Å². The molecule has 10 nitrogen and oxygen atoms in total. The first kappa shape index (κ1) is 13.0. The molecule has 108 valence electrons. The third-order valence-corrected chi connectivity index (χ3v) is 3.39. The van der Waals surface area contributed by atoms with Crippen molar-refractivity contribution >= 4 is 17.1 Å². The quantitative estimate of drug-likeness (QED) is 0.392. The Bertz CT molecular complexity index is 712. The van der Waals surface area contributed by atoms with E-state index in [0.717, 1.165) is 0 Å². The second kappa shape index (κ2) is 4.24. The normalized spacial score (nSPS) is 30.1. The molecule has 1 aliphatic rings. The Kier molecular flexibility index (Phi) is 2.76. The highest BCUT2D eigenvalue weighted by Gasteiger charge is 2.51. The number of imidazole rings is 1. The Balaban J connectivity index is 2.26. The molecule has 6 N–H and O–H groups in total. The van der Waals surface area contributed by atoms with Crippen LogP contribution in [0, 0.1) is 0 Å². The van der Waals surface area contributed by atoms with Crippen molar-refractivity contribution in [1.82, 2.24) is 19.5 Å². The van der Waals surface area contributed by atoms with Crippen molar-refractivity contribution in [2.75, 3.05) is 18.9 Å². The van der Waals surface area contributed by atoms with Gasteiger partial charge >= 0.3 is 0 Å². The number of rotatable bonds is 2. The molecule has 1 saturated heterocycles. The smallest absolute Gasteiger partial charge is 0.280 e. The van der Waals surface area contributed by atoms with Crippen LogP contribution < -0.4 is 11.3 Å². The van der Waals surface area contributed by atoms with Gasteiger partial charge in [0.1, 0.15) is 12.2 Å². The molecule has 10 heteroatoms. The van der Waals surface area contributed by atoms with E-state index in [9.17, 15) is 20.1 Å². The van der Waals surface area contributed by atoms with Crippen LogP contribution >= 0.6 is 0 Å². The van der Waals surface area contributed by atoms with Crippen molar-refractivity contribution in [3.8, 4) is 0 Å². The van der Waals surface area contributed by atoms with Gasteiger partial charge in [0, 0.05) is 0 Å². The monoisotopic (exact) mass is 283 g/mol. The van der Waals surface area contributed by atoms with Gasteiger partial charge < -0.3 is 25.8 Å². The van der Waals surface area contributed by atoms with Crippen LogP contribution in [0.4, 0.5) is 5.95 Å². The first-order valence-electron chi connectivity index (χ1n) is 5.84. The van der Waals surface area contributed by atoms with Gasteiger partial charge in [-0.2, -0.15) is 4.98 Å². The first-order valence-corrected chi connectivity index (χ1v) is 5.84. The molecule has 0 unspecified atom stereocenters. The van der Waals surface area contributed by atoms with E-state index in [4.69, 9.17) is 10.5 Å². The molecule has 0 aliphatic carbocycles. The van der Waals surface area contributed by atoms with E-state index in [1.54, 1.807) is 0 Å². The van der Waals surface area contributed by atoms with Gasteiger partial charge in [-0.15, -0.1) is 0 Å². The number of nitrogens with two attached hydrogens (primary N) is 1. The van der Waals surface area contributed by atoms with Crippen molar-refractivity contribution in [3.63, 3.8) is 0 Å². The topological polar surface area (TPSA) is 160 Å². The van der Waals surface area contributed by atoms with Crippen LogP contribution in [-0.2, 0) is 10.5 Å². The summed E-state index contributed by atoms with van der Waals surface area (Å²) in [7, 11) is 0. The van der Waals surface area contributed by atoms with Crippen LogP contribution in [0.1, 0.15) is 0 Å². The number of aliphatic hydroxyl groups is 3. The minimum Gasteiger partial charge on any atom is -0.391 e. The molecule has 2 aromatic rings. The summed E-state index contributed by atoms with van der Waals surface area (Å²) >= 11 is 0. The molecule has 0 bridgehead atoms. The molecule has 0 saturated carbocycles. The van der Waals surface area contributed by atoms with Crippen LogP contribution in [0.5, 0.6) is 0 Å². The number of hydrogen-bond acceptors (Lipinski definition) is 8. The predicted molar refractivity (Wildman–Crippen MR) is 65.6 cm³/mol. The van der Waals surface area contributed by atoms with E-state index < -0.39 is 30.1 Å². The number of anilines is 1. The van der Waals surface area contributed by atoms with Gasteiger partial charge in [-0.3, -0.25) is 14.3 Å². The second-order valence-electron chi connectivity index (χ2n) is 4.56. The standard InChI is InChI=1S/C10H13N5O5/c11-9-13-7-5(8(19)14-9)12-3-15(7)10(2-16)6(18)4(17)1-20-10/h3-4,6,16-18H,1-2H2,(H3,11,13,14,19)/t4-,6-,10-/m0/s1. The third kappa shape index (κ3) is 1.56. The second-order valence-corrected chi connectivity index (χ2v) is 4.56. The van der Waals surface area contributed by atoms with Crippen LogP contribution in [0.2, 0.25) is 0 Å². The average molecular weight is 283 g/mol. The van der Waals surface area contributed by atoms with Gasteiger partial charge in [-0.05, 0) is 0 Å². The lowest BCUT2D eigenvalue weighted by Crippen LogP contribution is -2.48. The molecule has 0 amide bonds. The lowest BCUT2D eigenvalue weighted by atomic mass is 10.1. The number of H-pyrrole nitrogens is 1. The fourth-order valence-electron chi connectivity index (χ4n) is 2.34. The van der Waals surface area contributed by atoms with E-state index in [0.29, 0.717) is 0 Å². The van der Waals surface area contributed by atoms with E-state index in [1.807, 2.05) is 0 Å². The number of hydrogen-bond donors (Lipinski definition) is 5. The van der Waals surface area contributed by atoms with Gasteiger partial charge in [0.25, 0.3) is 5.56 Å². The van der Waals surface area contributed by atoms with Crippen LogP contribution in [0.15, 0.2) is 11.1 Å². The van der Waals surface area contributed by atoms with E-state index in [2.05, 4.69) is 15.0 Å². The molecule has 20 heavy (non-hydrogen) atoms. The zero-order chi connectivity index (χ0) is 14.5. The molecule has 1 fully saturated rings. The summed E-state index contributed by atoms with van der Waals surface area (Å²) in [6.45, 7) is -0.800. The minimum absolute atomic E-state index is 0.00999. The number of aromatic amines is 1. The summed E-state index contributed by atoms with van der Waals surface area (Å²) in [6, 6.07) is 0. The van der Waals surface area contributed by atoms with Crippen LogP contribution in [0.25, 0.3) is 11.2 Å². The van der Waals surface area contributed by atoms with Gasteiger partial charge in [0.05, 0.1) is 19.5 Å². The fourth-order valence-corrected chi connectivity index (χ4v) is 2.34. The maximum absolute atomic E-state index is 11.7. The van der Waals surface area contributed by atoms with Crippen molar-refractivity contribution in [2.24, 2.45) is 0 Å². The van der Waals surface area contributed by atoms with Gasteiger partial charge in [-0.25, -0.2) is 4.98 Å². The number of aliphatic hydroxyl groups excluding tert-OH is 3. The SMILES string of the molecule is Nc1nc2c(ncn2[C@@]2(CO)OC[C@H](O)[C@@H]2O)c(=O)[nH]1. The summed E-state index contributed by atoms with van der Waals surface area (Å²) < 4.78 is 6.53. The number of nitrogen functional groups attached to an aromatic ring is 1. The maximum atomic E-state index is 11.7. The molecular weight excluding hydrogens is 270 g/mol. The number of aromatic nitrogens is 4. The van der Waals surface area contributed by atoms with Crippen molar-refractivity contribution in [2.45, 2.75) is 17.9 Å². The Morgan fingerprint density at radius 1 is 1.60 bits per heavy atom. The number of nitrogens with one attached hydrogen (secondary N) is 1. The lowest BCUT2D eigenvalue weighted by molar-refractivity contribution is -0.149. The highest BCUT2D eigenvalue weighted by molar-refractivity contribution is 5.70. The molecule has 1 aliphatic heterocycles. The fraction of sp³-hybridized carbons (Fsp3) is 0.500. The molecule has 3 atom stereocenters. The molecule has 3 rings (SSSR count). The summed E-state index contributed by atoms with van der Waals surface area (Å²) in [5, 5.41) is 29.2. The highest BCUT2D eigenvalue weighted by Crippen LogP contribution is 2.33. The van der Waals surface area contributed by atoms with Gasteiger partial charge in [0.2, 0.25) is 5.95 Å². The average Bonchev–Trinajstić information content (AvgIpc) is 2.94. The van der Waals surface area contributed by atoms with Crippen LogP contribution in [0.3, 0.4) is 0 Å². The predicted octanol–water partition coefficient (Wildman–Crippen LogP) is -2.90. The Morgan fingerprint density at radius 2 is 2.35 bits per heavy atom. The van der Waals surface area contributed by atoms with Crippen molar-refractivity contribution < 1.29 is 20.1 Å². The molecule has 0 aromatic carbocycles. The number of fused-ring (bicyclic) bond motifs is 1. The zero-order valence-corrected chi connectivity index (χ0v) is 10.2. The molecule has 2 aromatic heterocycles. The maximum Gasteiger partial charge on any atom is 0.280 e. The first-order chi connectivity index (χ1) is 9.49. The molecule has 0 radical (unpaired) electrons. The zero-order valence-electron chi connectivity index (χ0n) is 10.2. The molecule has 0 spiro atoms. The van der Waals surface area contributed by atoms with Crippen molar-refractivity contribution in [3.05, 3.63) is 16.7 Å². The van der Waals surface area contributed by atoms with E-state index in [1.165, 1.54) is 10.9 Å². The number of nitrogens with zero attached hydrogens (tertiary/aromatic N) is 3. The Hall–Kier alpha value is -2.01. The van der Waals surface area contributed by atoms with E-state index in [-0.39, 0.29) is 23.7 Å². The Labute approximate surface area is 111 Å². The summed E-state index contributed by atoms with van der Waals surface area (Å²) in [4.78, 5) is 21.8. The molecular formula is C10H13N5O5. The summed E-state index contributed by atoms with van der Waals surface area (Å²) in [5.74, 6) is -0.134. The largest absolute Gasteiger partial charge is 0.391 e. The third-order valence-electron chi connectivity index (χ3n) is 3.39. The summed E-state index contributed by atoms with van der Waals surface area (Å²) in [5.41, 5.74) is 3.31. The minimum atomic E-state index is -1.65. The van der Waals surface area contributed by atoms with Crippen molar-refractivity contribution in [1.29, 1.82) is 0 Å².